The summed E-state index contributed by atoms with van der Waals surface area (Å²) in [6, 6.07) is -0.0177. The third-order valence-corrected chi connectivity index (χ3v) is 12.6. The Morgan fingerprint density at radius 3 is 2.54 bits per heavy atom. The first-order chi connectivity index (χ1) is 30.9. The molecule has 3 saturated heterocycles. The van der Waals surface area contributed by atoms with Crippen LogP contribution >= 0.6 is 27.0 Å². The molecule has 3 aliphatic rings. The quantitative estimate of drug-likeness (QED) is 0.0384. The molecule has 4 aromatic heterocycles. The highest BCUT2D eigenvalue weighted by atomic mass is 32.1. The number of fused-ring (bicyclic) bond motifs is 1. The number of aliphatic hydroxyl groups excluding tert-OH is 1. The highest BCUT2D eigenvalue weighted by Gasteiger charge is 2.54. The van der Waals surface area contributed by atoms with Gasteiger partial charge in [0, 0.05) is 44.5 Å². The fraction of sp³-hybridized carbons (Fsp3) is 0.543. The van der Waals surface area contributed by atoms with Crippen LogP contribution in [0.5, 0.6) is 0 Å². The van der Waals surface area contributed by atoms with E-state index in [1.165, 1.54) is 52.6 Å². The Morgan fingerprint density at radius 1 is 1.09 bits per heavy atom. The predicted molar refractivity (Wildman–Crippen MR) is 221 cm³/mol. The Bertz CT molecular complexity index is 2470. The molecule has 0 saturated carbocycles. The molecule has 3 aliphatic heterocycles. The average Bonchev–Trinajstić information content (AvgIpc) is 4.12. The van der Waals surface area contributed by atoms with E-state index in [1.807, 2.05) is 0 Å². The number of nitrogens with two attached hydrogens (primary N) is 2. The molecule has 0 bridgehead atoms. The molecule has 1 amide bonds. The Hall–Kier alpha value is -4.64. The van der Waals surface area contributed by atoms with Crippen LogP contribution in [0.25, 0.3) is 11.0 Å². The summed E-state index contributed by atoms with van der Waals surface area (Å²) in [6.07, 6.45) is -7.33. The molecule has 3 fully saturated rings. The predicted octanol–water partition coefficient (Wildman–Crippen LogP) is -0.0593. The van der Waals surface area contributed by atoms with Crippen molar-refractivity contribution < 1.29 is 75.8 Å². The molecule has 0 spiro atoms. The fourth-order valence-corrected chi connectivity index (χ4v) is 9.21. The van der Waals surface area contributed by atoms with Gasteiger partial charge in [0.1, 0.15) is 47.9 Å². The van der Waals surface area contributed by atoms with Gasteiger partial charge in [0.25, 0.3) is 0 Å². The van der Waals surface area contributed by atoms with Crippen LogP contribution < -0.4 is 17.2 Å². The molecule has 0 radical (unpaired) electrons. The number of carbonyl (C=O) groups excluding carboxylic acids is 2. The number of carbonyl (C=O) groups is 2. The number of nitrogens with zero attached hydrogens (tertiary/aromatic N) is 8. The zero-order chi connectivity index (χ0) is 46.6. The van der Waals surface area contributed by atoms with Gasteiger partial charge >= 0.3 is 27.3 Å². The lowest BCUT2D eigenvalue weighted by Gasteiger charge is -2.30. The third kappa shape index (κ3) is 11.5. The normalized spacial score (nSPS) is 27.1. The van der Waals surface area contributed by atoms with Gasteiger partial charge in [0.05, 0.1) is 42.5 Å². The summed E-state index contributed by atoms with van der Waals surface area (Å²) in [5.41, 5.74) is 13.1. The van der Waals surface area contributed by atoms with Gasteiger partial charge in [-0.1, -0.05) is 6.08 Å². The summed E-state index contributed by atoms with van der Waals surface area (Å²) in [6.45, 7) is 2.04. The first-order valence-corrected chi connectivity index (χ1v) is 23.7. The van der Waals surface area contributed by atoms with E-state index in [-0.39, 0.29) is 42.1 Å². The second-order valence-electron chi connectivity index (χ2n) is 14.9. The Morgan fingerprint density at radius 2 is 1.85 bits per heavy atom. The molecule has 4 aromatic rings. The van der Waals surface area contributed by atoms with E-state index in [0.717, 1.165) is 4.57 Å². The van der Waals surface area contributed by atoms with Gasteiger partial charge in [-0.15, -0.1) is 23.0 Å². The van der Waals surface area contributed by atoms with Gasteiger partial charge < -0.3 is 59.8 Å². The molecular formula is C35H46N10O17P2S. The van der Waals surface area contributed by atoms with E-state index >= 15 is 0 Å². The number of thiazole rings is 1. The summed E-state index contributed by atoms with van der Waals surface area (Å²) in [7, 11) is -9.19. The van der Waals surface area contributed by atoms with Crippen molar-refractivity contribution in [1.29, 1.82) is 0 Å². The van der Waals surface area contributed by atoms with Crippen LogP contribution in [-0.4, -0.2) is 147 Å². The summed E-state index contributed by atoms with van der Waals surface area (Å²) in [5, 5.41) is 21.1. The number of phosphoric acid groups is 2. The molecule has 65 heavy (non-hydrogen) atoms. The van der Waals surface area contributed by atoms with Crippen LogP contribution in [0.15, 0.2) is 53.1 Å². The van der Waals surface area contributed by atoms with E-state index in [0.29, 0.717) is 25.0 Å². The lowest BCUT2D eigenvalue weighted by molar-refractivity contribution is -0.181. The molecule has 2 unspecified atom stereocenters. The van der Waals surface area contributed by atoms with Crippen molar-refractivity contribution in [2.24, 2.45) is 0 Å². The van der Waals surface area contributed by atoms with Gasteiger partial charge in [-0.2, -0.15) is 10.1 Å². The van der Waals surface area contributed by atoms with Gasteiger partial charge in [0.15, 0.2) is 30.7 Å². The first-order valence-electron chi connectivity index (χ1n) is 19.8. The zero-order valence-corrected chi connectivity index (χ0v) is 36.9. The maximum atomic E-state index is 14.2. The van der Waals surface area contributed by atoms with E-state index < -0.39 is 108 Å². The highest BCUT2D eigenvalue weighted by Crippen LogP contribution is 2.51. The number of nitrogen functional groups attached to an aromatic ring is 2. The maximum absolute atomic E-state index is 14.2. The van der Waals surface area contributed by atoms with Gasteiger partial charge in [0.2, 0.25) is 5.91 Å². The van der Waals surface area contributed by atoms with Crippen molar-refractivity contribution in [2.45, 2.75) is 93.5 Å². The summed E-state index contributed by atoms with van der Waals surface area (Å²) < 4.78 is 73.6. The zero-order valence-electron chi connectivity index (χ0n) is 34.3. The molecule has 7 rings (SSSR count). The first kappa shape index (κ1) is 48.3. The van der Waals surface area contributed by atoms with E-state index in [9.17, 15) is 43.3 Å². The van der Waals surface area contributed by atoms with Crippen LogP contribution in [0.2, 0.25) is 0 Å². The number of aliphatic hydroxyl groups is 1. The largest absolute Gasteiger partial charge is 0.472 e. The number of hydrogen-bond donors (Lipinski definition) is 6. The topological polar surface area (TPSA) is 370 Å². The highest BCUT2D eigenvalue weighted by molar-refractivity contribution is 7.47. The molecule has 0 aliphatic carbocycles. The molecular weight excluding hydrogens is 926 g/mol. The molecule has 30 heteroatoms. The van der Waals surface area contributed by atoms with Crippen molar-refractivity contribution in [1.82, 2.24) is 39.2 Å². The van der Waals surface area contributed by atoms with Crippen LogP contribution in [-0.2, 0) is 62.4 Å². The van der Waals surface area contributed by atoms with Crippen molar-refractivity contribution in [3.63, 3.8) is 0 Å². The van der Waals surface area contributed by atoms with Crippen molar-refractivity contribution >= 4 is 61.5 Å². The second-order valence-corrected chi connectivity index (χ2v) is 18.2. The molecule has 7 heterocycles. The lowest BCUT2D eigenvalue weighted by atomic mass is 10.1. The number of rotatable bonds is 20. The average molecular weight is 973 g/mol. The van der Waals surface area contributed by atoms with Crippen LogP contribution in [0.3, 0.4) is 0 Å². The standard InChI is InChI=1S/C35H46N10O17P2S/c1-3-4-6-24(46)43(2)19(11-18-15-65-17-39-18)34(48)61-28-21(58-32(27(28)47)45-16-38-26-20(45)12-40-42-31(26)37)14-57-64(53,54)62-29-22(13-56-63(50,51)52)59-33(30(29)60-25-7-5-10-55-25)44-9-8-23(36)41-35(44)49/h3,8-9,12,15-17,19,21-22,25,27-30,32-33,47H,1,4-7,10-11,13-14H2,2H3,(H2,37,42)(H,53,54)(H2,36,41,49)(H2,50,51,52)/t19-,21+,22+,25?,27+,28+,29+,30+,32+,33+/m0/s1. The molecule has 0 aromatic carbocycles. The molecule has 354 valence electrons. The number of esters is 1. The Labute approximate surface area is 372 Å². The number of likely N-dealkylation sites (N-methyl/N-ethyl adjacent to an activating group) is 1. The van der Waals surface area contributed by atoms with Gasteiger partial charge in [-0.05, 0) is 18.9 Å². The van der Waals surface area contributed by atoms with Gasteiger partial charge in [-0.25, -0.2) is 28.7 Å². The van der Waals surface area contributed by atoms with Crippen molar-refractivity contribution in [3.05, 3.63) is 64.5 Å². The summed E-state index contributed by atoms with van der Waals surface area (Å²) in [4.78, 5) is 84.1. The van der Waals surface area contributed by atoms with E-state index in [1.54, 1.807) is 17.0 Å². The van der Waals surface area contributed by atoms with Crippen LogP contribution in [0.4, 0.5) is 11.6 Å². The maximum Gasteiger partial charge on any atom is 0.472 e. The minimum atomic E-state index is -5.42. The third-order valence-electron chi connectivity index (χ3n) is 10.5. The van der Waals surface area contributed by atoms with Crippen LogP contribution in [0.1, 0.15) is 43.8 Å². The SMILES string of the molecule is C=CCCC(=O)N(C)[C@@H](Cc1cscn1)C(=O)O[C@H]1[C@@H](O)[C@H](n2cnc3c(N)nncc32)O[C@@H]1COP(=O)(O)O[C@H]1[C@@H](OC2CCCO2)[C@H](n2ccc(N)nc2=O)O[C@@H]1COP(=O)(O)O. The van der Waals surface area contributed by atoms with Crippen molar-refractivity contribution in [2.75, 3.05) is 38.3 Å². The number of ether oxygens (including phenoxy) is 5. The fourth-order valence-electron chi connectivity index (χ4n) is 7.33. The van der Waals surface area contributed by atoms with Crippen molar-refractivity contribution in [3.8, 4) is 0 Å². The van der Waals surface area contributed by atoms with Crippen LogP contribution in [0, 0.1) is 0 Å². The Balaban J connectivity index is 1.17. The number of imidazole rings is 1. The molecule has 27 nitrogen and oxygen atoms in total. The van der Waals surface area contributed by atoms with Gasteiger partial charge in [-0.3, -0.25) is 27.5 Å². The summed E-state index contributed by atoms with van der Waals surface area (Å²) >= 11 is 1.26. The minimum absolute atomic E-state index is 0.0202. The van der Waals surface area contributed by atoms with E-state index in [4.69, 9.17) is 44.2 Å². The number of allylic oxidation sites excluding steroid dienone is 1. The smallest absolute Gasteiger partial charge is 0.455 e. The molecule has 11 atom stereocenters. The number of aromatic nitrogens is 7. The number of phosphoric ester groups is 2. The number of anilines is 2. The minimum Gasteiger partial charge on any atom is -0.455 e. The number of hydrogen-bond acceptors (Lipinski definition) is 22. The van der Waals surface area contributed by atoms with E-state index in [2.05, 4.69) is 36.3 Å². The number of amides is 1. The lowest BCUT2D eigenvalue weighted by Crippen LogP contribution is -2.48. The Kier molecular flexibility index (Phi) is 15.2. The molecule has 8 N–H and O–H groups in total. The summed E-state index contributed by atoms with van der Waals surface area (Å²) in [5.74, 6) is -1.62. The monoisotopic (exact) mass is 972 g/mol. The second kappa shape index (κ2) is 20.5.